The molecular formula is C16H24N2O. The number of nitrogens with zero attached hydrogens (tertiary/aromatic N) is 1. The minimum Gasteiger partial charge on any atom is -0.380 e. The maximum Gasteiger partial charge on any atom is 0.0593 e. The summed E-state index contributed by atoms with van der Waals surface area (Å²) in [5.41, 5.74) is 8.93. The van der Waals surface area contributed by atoms with Crippen LogP contribution in [0.3, 0.4) is 0 Å². The van der Waals surface area contributed by atoms with Gasteiger partial charge in [0.25, 0.3) is 0 Å². The lowest BCUT2D eigenvalue weighted by atomic mass is 10.0. The highest BCUT2D eigenvalue weighted by molar-refractivity contribution is 5.31. The van der Waals surface area contributed by atoms with Crippen molar-refractivity contribution in [1.82, 2.24) is 4.90 Å². The minimum atomic E-state index is 0.348. The molecule has 0 spiro atoms. The van der Waals surface area contributed by atoms with Crippen molar-refractivity contribution in [1.29, 1.82) is 0 Å². The van der Waals surface area contributed by atoms with Gasteiger partial charge in [-0.3, -0.25) is 4.90 Å². The zero-order valence-corrected chi connectivity index (χ0v) is 11.6. The number of rotatable bonds is 4. The molecule has 1 unspecified atom stereocenters. The van der Waals surface area contributed by atoms with Gasteiger partial charge in [-0.1, -0.05) is 24.3 Å². The molecule has 1 aromatic carbocycles. The SMILES string of the molecule is NCC(c1cccc(C2CC2)c1)N1CCCOCC1. The number of ether oxygens (including phenoxy) is 1. The molecule has 1 saturated heterocycles. The Morgan fingerprint density at radius 1 is 1.26 bits per heavy atom. The Morgan fingerprint density at radius 2 is 2.16 bits per heavy atom. The summed E-state index contributed by atoms with van der Waals surface area (Å²) >= 11 is 0. The van der Waals surface area contributed by atoms with E-state index in [4.69, 9.17) is 10.5 Å². The van der Waals surface area contributed by atoms with Crippen LogP contribution in [0.15, 0.2) is 24.3 Å². The molecule has 2 aliphatic rings. The second-order valence-corrected chi connectivity index (χ2v) is 5.70. The van der Waals surface area contributed by atoms with Crippen LogP contribution < -0.4 is 5.73 Å². The molecule has 2 N–H and O–H groups in total. The average molecular weight is 260 g/mol. The van der Waals surface area contributed by atoms with Gasteiger partial charge in [-0.2, -0.15) is 0 Å². The molecule has 1 aromatic rings. The van der Waals surface area contributed by atoms with Crippen LogP contribution in [0.2, 0.25) is 0 Å². The van der Waals surface area contributed by atoms with Crippen molar-refractivity contribution in [3.05, 3.63) is 35.4 Å². The van der Waals surface area contributed by atoms with E-state index >= 15 is 0 Å². The van der Waals surface area contributed by atoms with E-state index < -0.39 is 0 Å². The third-order valence-electron chi connectivity index (χ3n) is 4.27. The Morgan fingerprint density at radius 3 is 2.95 bits per heavy atom. The highest BCUT2D eigenvalue weighted by Gasteiger charge is 2.25. The first-order valence-corrected chi connectivity index (χ1v) is 7.50. The quantitative estimate of drug-likeness (QED) is 0.902. The Hall–Kier alpha value is -0.900. The van der Waals surface area contributed by atoms with Gasteiger partial charge in [0.2, 0.25) is 0 Å². The Bertz CT molecular complexity index is 409. The lowest BCUT2D eigenvalue weighted by Gasteiger charge is -2.29. The third-order valence-corrected chi connectivity index (χ3v) is 4.27. The monoisotopic (exact) mass is 260 g/mol. The summed E-state index contributed by atoms with van der Waals surface area (Å²) in [4.78, 5) is 2.49. The van der Waals surface area contributed by atoms with Crippen molar-refractivity contribution < 1.29 is 4.74 Å². The van der Waals surface area contributed by atoms with Gasteiger partial charge in [-0.25, -0.2) is 0 Å². The molecule has 1 aliphatic heterocycles. The molecule has 0 radical (unpaired) electrons. The summed E-state index contributed by atoms with van der Waals surface area (Å²) in [6.45, 7) is 4.49. The average Bonchev–Trinajstić information content (AvgIpc) is 3.28. The van der Waals surface area contributed by atoms with Crippen LogP contribution in [0.1, 0.15) is 42.3 Å². The van der Waals surface area contributed by atoms with Crippen molar-refractivity contribution in [3.8, 4) is 0 Å². The molecule has 1 aliphatic carbocycles. The van der Waals surface area contributed by atoms with Crippen molar-refractivity contribution >= 4 is 0 Å². The van der Waals surface area contributed by atoms with E-state index in [0.29, 0.717) is 12.6 Å². The largest absolute Gasteiger partial charge is 0.380 e. The topological polar surface area (TPSA) is 38.5 Å². The van der Waals surface area contributed by atoms with Gasteiger partial charge in [-0.15, -0.1) is 0 Å². The fourth-order valence-corrected chi connectivity index (χ4v) is 3.01. The molecule has 1 saturated carbocycles. The van der Waals surface area contributed by atoms with Gasteiger partial charge in [0.1, 0.15) is 0 Å². The van der Waals surface area contributed by atoms with Crippen molar-refractivity contribution in [2.24, 2.45) is 5.73 Å². The summed E-state index contributed by atoms with van der Waals surface area (Å²) in [5.74, 6) is 0.811. The van der Waals surface area contributed by atoms with Crippen LogP contribution in [0.4, 0.5) is 0 Å². The molecule has 0 amide bonds. The minimum absolute atomic E-state index is 0.348. The molecule has 19 heavy (non-hydrogen) atoms. The summed E-state index contributed by atoms with van der Waals surface area (Å²) in [5, 5.41) is 0. The van der Waals surface area contributed by atoms with E-state index in [1.165, 1.54) is 24.0 Å². The highest BCUT2D eigenvalue weighted by atomic mass is 16.5. The zero-order chi connectivity index (χ0) is 13.1. The third kappa shape index (κ3) is 3.16. The van der Waals surface area contributed by atoms with Crippen LogP contribution >= 0.6 is 0 Å². The molecule has 2 fully saturated rings. The van der Waals surface area contributed by atoms with Gasteiger partial charge in [0, 0.05) is 32.3 Å². The van der Waals surface area contributed by atoms with Crippen LogP contribution in [-0.2, 0) is 4.74 Å². The molecule has 3 heteroatoms. The lowest BCUT2D eigenvalue weighted by Crippen LogP contribution is -2.35. The first kappa shape index (κ1) is 13.1. The van der Waals surface area contributed by atoms with Crippen LogP contribution in [0.25, 0.3) is 0 Å². The summed E-state index contributed by atoms with van der Waals surface area (Å²) in [7, 11) is 0. The van der Waals surface area contributed by atoms with Crippen LogP contribution in [0, 0.1) is 0 Å². The highest BCUT2D eigenvalue weighted by Crippen LogP contribution is 2.40. The molecule has 104 valence electrons. The Labute approximate surface area is 115 Å². The molecule has 0 bridgehead atoms. The second-order valence-electron chi connectivity index (χ2n) is 5.70. The van der Waals surface area contributed by atoms with Crippen LogP contribution in [-0.4, -0.2) is 37.7 Å². The van der Waals surface area contributed by atoms with Gasteiger partial charge in [0.15, 0.2) is 0 Å². The van der Waals surface area contributed by atoms with Crippen molar-refractivity contribution in [2.75, 3.05) is 32.8 Å². The molecule has 1 heterocycles. The van der Waals surface area contributed by atoms with Crippen molar-refractivity contribution in [2.45, 2.75) is 31.2 Å². The van der Waals surface area contributed by atoms with E-state index in [1.54, 1.807) is 0 Å². The number of hydrogen-bond acceptors (Lipinski definition) is 3. The second kappa shape index (κ2) is 6.04. The van der Waals surface area contributed by atoms with E-state index in [2.05, 4.69) is 29.2 Å². The maximum absolute atomic E-state index is 6.05. The van der Waals surface area contributed by atoms with Gasteiger partial charge in [-0.05, 0) is 36.3 Å². The summed E-state index contributed by atoms with van der Waals surface area (Å²) in [6.07, 6.45) is 3.82. The van der Waals surface area contributed by atoms with E-state index in [-0.39, 0.29) is 0 Å². The normalized spacial score (nSPS) is 23.0. The van der Waals surface area contributed by atoms with Gasteiger partial charge >= 0.3 is 0 Å². The molecule has 3 rings (SSSR count). The summed E-state index contributed by atoms with van der Waals surface area (Å²) < 4.78 is 5.54. The number of hydrogen-bond donors (Lipinski definition) is 1. The van der Waals surface area contributed by atoms with E-state index in [0.717, 1.165) is 38.6 Å². The summed E-state index contributed by atoms with van der Waals surface area (Å²) in [6, 6.07) is 9.41. The van der Waals surface area contributed by atoms with E-state index in [1.807, 2.05) is 0 Å². The number of benzene rings is 1. The van der Waals surface area contributed by atoms with Gasteiger partial charge < -0.3 is 10.5 Å². The first-order valence-electron chi connectivity index (χ1n) is 7.50. The standard InChI is InChI=1S/C16H24N2O/c17-12-16(18-7-2-9-19-10-8-18)15-4-1-3-14(11-15)13-5-6-13/h1,3-4,11,13,16H,2,5-10,12,17H2. The fourth-order valence-electron chi connectivity index (χ4n) is 3.01. The van der Waals surface area contributed by atoms with Crippen LogP contribution in [0.5, 0.6) is 0 Å². The molecular weight excluding hydrogens is 236 g/mol. The molecule has 1 atom stereocenters. The zero-order valence-electron chi connectivity index (χ0n) is 11.6. The smallest absolute Gasteiger partial charge is 0.0593 e. The first-order chi connectivity index (χ1) is 9.38. The number of nitrogens with two attached hydrogens (primary N) is 1. The maximum atomic E-state index is 6.05. The Balaban J connectivity index is 1.77. The van der Waals surface area contributed by atoms with Gasteiger partial charge in [0.05, 0.1) is 6.61 Å². The lowest BCUT2D eigenvalue weighted by molar-refractivity contribution is 0.132. The van der Waals surface area contributed by atoms with E-state index in [9.17, 15) is 0 Å². The predicted molar refractivity (Wildman–Crippen MR) is 77.2 cm³/mol. The molecule has 3 nitrogen and oxygen atoms in total. The van der Waals surface area contributed by atoms with Crippen molar-refractivity contribution in [3.63, 3.8) is 0 Å². The molecule has 0 aromatic heterocycles. The predicted octanol–water partition coefficient (Wildman–Crippen LogP) is 2.29. The fraction of sp³-hybridized carbons (Fsp3) is 0.625. The Kier molecular flexibility index (Phi) is 4.16.